The molecule has 4 amide bonds. The standard InChI is InChI=1S/2C38H50N9O21P3S/c1-2-46(25-9-8-24-19-26(36(51)65-27(24)20-25)23-10-16-45(17-11-23)14-6-18-72(60,61)62)15-5-3-4-7-29(48)40-12-13-41-38(52)66-32-28(21-63-70(56,57)68-71(58,59)67-69(53,54)55)64-35(31(32)49)47-22-42-30-33(47)43-37(39)44-34(30)50;1-2-46(25-9-8-24-19-26(36(51)65-27(24)20-25)23-10-16-45(17-11-23)14-6-18-72(60,61)62)15-5-3-4-7-29(48)40-12-13-41-38(52)66-32-31(49)28(21-63-70(56,57)68-71(58,59)67-69(53,54)55)64-35(32)47-22-42-30-33(47)43-37(39)44-34(30)50/h2*8-11,16-17,19-20,22,28,31-32,35,49H,2-7,12-15,18,21H2,1H3,(H9-,39,40,41,43,44,48,50,52,53,54,55,56,57,58,59,60,61,62)/t2*28-,31-,32-,35-/m11/s1. The highest BCUT2D eigenvalue weighted by atomic mass is 32.2. The minimum Gasteiger partial charge on any atom is -0.748 e. The van der Waals surface area contributed by atoms with Gasteiger partial charge < -0.3 is 129 Å². The van der Waals surface area contributed by atoms with Crippen LogP contribution in [-0.4, -0.2) is 252 Å². The largest absolute Gasteiger partial charge is 0.748 e. The molecule has 2 fully saturated rings. The van der Waals surface area contributed by atoms with Gasteiger partial charge in [-0.05, 0) is 75.9 Å². The number of aliphatic hydroxyl groups is 2. The molecule has 20 N–H and O–H groups in total. The number of carbonyl (C=O) groups is 4. The number of nitrogens with one attached hydrogen (secondary N) is 6. The molecule has 2 saturated heterocycles. The van der Waals surface area contributed by atoms with Gasteiger partial charge in [0.1, 0.15) is 48.7 Å². The van der Waals surface area contributed by atoms with Crippen molar-refractivity contribution in [2.75, 3.05) is 98.3 Å². The quantitative estimate of drug-likeness (QED) is 0.00837. The molecule has 4 unspecified atom stereocenters. The molecule has 0 bridgehead atoms. The fourth-order valence-corrected chi connectivity index (χ4v) is 21.8. The van der Waals surface area contributed by atoms with Crippen LogP contribution in [0.25, 0.3) is 66.5 Å². The maximum absolute atomic E-state index is 13.0. The number of hydrogen-bond donors (Lipinski definition) is 18. The molecule has 10 aromatic rings. The lowest BCUT2D eigenvalue weighted by Crippen LogP contribution is -2.42. The number of nitrogen functional groups attached to an aromatic ring is 2. The normalized spacial score (nSPS) is 18.9. The van der Waals surface area contributed by atoms with Crippen LogP contribution >= 0.6 is 46.9 Å². The van der Waals surface area contributed by atoms with E-state index in [0.717, 1.165) is 46.0 Å². The van der Waals surface area contributed by atoms with Gasteiger partial charge in [0.15, 0.2) is 71.8 Å². The molecule has 2 aliphatic rings. The Morgan fingerprint density at radius 3 is 1.29 bits per heavy atom. The second kappa shape index (κ2) is 49.0. The summed E-state index contributed by atoms with van der Waals surface area (Å²) in [6.07, 6.45) is -2.93. The number of carbonyl (C=O) groups excluding carboxylic acids is 4. The van der Waals surface area contributed by atoms with Gasteiger partial charge in [-0.1, -0.05) is 12.8 Å². The summed E-state index contributed by atoms with van der Waals surface area (Å²) in [4.78, 5) is 200. The number of ether oxygens (including phenoxy) is 4. The van der Waals surface area contributed by atoms with E-state index in [0.29, 0.717) is 109 Å². The number of phosphoric acid groups is 6. The number of amides is 4. The maximum atomic E-state index is 13.0. The molecule has 144 heavy (non-hydrogen) atoms. The number of aromatic amines is 2. The summed E-state index contributed by atoms with van der Waals surface area (Å²) in [7, 11) is -43.2. The van der Waals surface area contributed by atoms with Crippen molar-refractivity contribution in [1.29, 1.82) is 0 Å². The van der Waals surface area contributed by atoms with Crippen LogP contribution in [0, 0.1) is 0 Å². The third kappa shape index (κ3) is 33.5. The van der Waals surface area contributed by atoms with Crippen LogP contribution < -0.4 is 74.0 Å². The van der Waals surface area contributed by atoms with E-state index in [4.69, 9.17) is 58.8 Å². The number of H-pyrrole nitrogens is 2. The van der Waals surface area contributed by atoms with Crippen LogP contribution in [0.1, 0.15) is 90.5 Å². The molecule has 12 rings (SSSR count). The number of aryl methyl sites for hydroxylation is 2. The van der Waals surface area contributed by atoms with Gasteiger partial charge in [0.05, 0.1) is 57.2 Å². The smallest absolute Gasteiger partial charge is 0.490 e. The Bertz CT molecular complexity index is 7100. The molecule has 0 radical (unpaired) electrons. The van der Waals surface area contributed by atoms with Crippen molar-refractivity contribution in [3.05, 3.63) is 152 Å². The second-order valence-corrected chi connectivity index (χ2v) is 43.6. The number of alkyl carbamates (subject to hydrolysis) is 2. The van der Waals surface area contributed by atoms with Gasteiger partial charge in [0.25, 0.3) is 11.1 Å². The minimum absolute atomic E-state index is 0.0449. The second-order valence-electron chi connectivity index (χ2n) is 31.7. The van der Waals surface area contributed by atoms with Gasteiger partial charge in [0.2, 0.25) is 23.7 Å². The number of rotatable bonds is 50. The number of imidazole rings is 2. The molecule has 68 heteroatoms. The van der Waals surface area contributed by atoms with Gasteiger partial charge in [-0.15, -0.1) is 0 Å². The lowest BCUT2D eigenvalue weighted by Gasteiger charge is -2.23. The zero-order valence-electron chi connectivity index (χ0n) is 75.6. The minimum atomic E-state index is -5.91. The average Bonchev–Trinajstić information content (AvgIpc) is 1.64. The number of anilines is 4. The van der Waals surface area contributed by atoms with Gasteiger partial charge in [-0.3, -0.25) is 47.3 Å². The van der Waals surface area contributed by atoms with Gasteiger partial charge in [-0.2, -0.15) is 27.2 Å². The molecule has 0 aliphatic carbocycles. The summed E-state index contributed by atoms with van der Waals surface area (Å²) < 4.78 is 199. The van der Waals surface area contributed by atoms with Crippen molar-refractivity contribution in [2.45, 2.75) is 140 Å². The zero-order chi connectivity index (χ0) is 105. The van der Waals surface area contributed by atoms with Crippen molar-refractivity contribution in [1.82, 2.24) is 60.3 Å². The number of aliphatic hydroxyl groups excluding tert-OH is 2. The van der Waals surface area contributed by atoms with E-state index in [1.807, 2.05) is 38.1 Å². The van der Waals surface area contributed by atoms with E-state index >= 15 is 0 Å². The number of benzene rings is 2. The summed E-state index contributed by atoms with van der Waals surface area (Å²) in [6, 6.07) is 21.4. The summed E-state index contributed by atoms with van der Waals surface area (Å²) in [5, 5.41) is 33.8. The van der Waals surface area contributed by atoms with Crippen LogP contribution in [0.5, 0.6) is 0 Å². The first kappa shape index (κ1) is 113. The van der Waals surface area contributed by atoms with E-state index < -0.39 is 176 Å². The predicted molar refractivity (Wildman–Crippen MR) is 494 cm³/mol. The third-order valence-electron chi connectivity index (χ3n) is 21.2. The Morgan fingerprint density at radius 2 is 0.889 bits per heavy atom. The summed E-state index contributed by atoms with van der Waals surface area (Å²) in [6.45, 7) is 4.38. The van der Waals surface area contributed by atoms with E-state index in [2.05, 4.69) is 87.3 Å². The molecular weight excluding hydrogens is 2090 g/mol. The topological polar surface area (TPSA) is 882 Å². The predicted octanol–water partition coefficient (Wildman–Crippen LogP) is 1.20. The third-order valence-corrected chi connectivity index (χ3v) is 30.4. The number of pyridine rings is 2. The van der Waals surface area contributed by atoms with Crippen molar-refractivity contribution in [2.24, 2.45) is 0 Å². The summed E-state index contributed by atoms with van der Waals surface area (Å²) in [5.41, 5.74) is 12.1. The van der Waals surface area contributed by atoms with Gasteiger partial charge in [0, 0.05) is 159 Å². The first-order valence-electron chi connectivity index (χ1n) is 43.2. The number of nitrogens with zero attached hydrogens (tertiary/aromatic N) is 10. The Labute approximate surface area is 812 Å². The summed E-state index contributed by atoms with van der Waals surface area (Å²) >= 11 is 0. The van der Waals surface area contributed by atoms with E-state index in [9.17, 15) is 121 Å². The number of unbranched alkanes of at least 4 members (excludes halogenated alkanes) is 4. The molecule has 2 aromatic carbocycles. The number of nitrogens with two attached hydrogens (primary N) is 2. The fourth-order valence-electron chi connectivity index (χ4n) is 14.8. The van der Waals surface area contributed by atoms with Gasteiger partial charge >= 0.3 is 70.4 Å². The fraction of sp³-hybridized carbons (Fsp3) is 0.447. The molecular formula is C76H100N18O42P6S2. The Balaban J connectivity index is 0.000000274. The van der Waals surface area contributed by atoms with Crippen molar-refractivity contribution in [3.63, 3.8) is 0 Å². The maximum Gasteiger partial charge on any atom is 0.490 e. The highest BCUT2D eigenvalue weighted by molar-refractivity contribution is 7.85. The van der Waals surface area contributed by atoms with Crippen molar-refractivity contribution < 1.29 is 185 Å². The first-order valence-corrected chi connectivity index (χ1v) is 55.4. The molecule has 10 heterocycles. The van der Waals surface area contributed by atoms with Crippen LogP contribution in [0.3, 0.4) is 0 Å². The molecule has 788 valence electrons. The van der Waals surface area contributed by atoms with Crippen molar-refractivity contribution >= 4 is 159 Å². The average molecular weight is 2190 g/mol. The molecule has 8 aromatic heterocycles. The van der Waals surface area contributed by atoms with E-state index in [-0.39, 0.29) is 97.9 Å². The zero-order valence-corrected chi connectivity index (χ0v) is 82.6. The first-order chi connectivity index (χ1) is 67.6. The van der Waals surface area contributed by atoms with Crippen LogP contribution in [0.4, 0.5) is 32.9 Å². The monoisotopic (exact) mass is 2190 g/mol. The lowest BCUT2D eigenvalue weighted by molar-refractivity contribution is -0.696. The molecule has 60 nitrogen and oxygen atoms in total. The number of hydrogen-bond acceptors (Lipinski definition) is 42. The number of aromatic nitrogens is 10. The molecule has 0 saturated carbocycles. The summed E-state index contributed by atoms with van der Waals surface area (Å²) in [5.74, 6) is -2.29. The van der Waals surface area contributed by atoms with Crippen LogP contribution in [0.2, 0.25) is 0 Å². The SMILES string of the molecule is CCN(CCCCCC(=O)NCCNC(=O)O[C@@H]1[C@H](O)[C@@H](COP(=O)(O)OP(=O)(O)OP(=O)(O)O)O[C@H]1n1cnc2c(=O)[nH]c(N)nc21)c1ccc2cc(-c3cc[n+](CCCS(=O)(=O)[O-])cc3)c(=O)oc2c1.CCN(CCCCCC(=O)NCCNC(=O)O[C@H]1[C@@H](O)[C@H](n2cnc3c(=O)[nH]c(N)nc32)O[C@@H]1COP(=O)(O)OP(=O)(O)OP(=O)(O)O)c1ccc2cc(-c3cc[n+](CCCS(=O)(=O)[O-])cc3)c(=O)oc2c1. The van der Waals surface area contributed by atoms with E-state index in [1.54, 1.807) is 82.5 Å². The number of fused-ring (bicyclic) bond motifs is 4. The molecule has 2 aliphatic heterocycles. The molecule has 12 atom stereocenters. The molecule has 0 spiro atoms. The Kier molecular flexibility index (Phi) is 38.6. The van der Waals surface area contributed by atoms with Crippen molar-refractivity contribution in [3.8, 4) is 22.3 Å². The van der Waals surface area contributed by atoms with E-state index in [1.165, 1.54) is 0 Å². The van der Waals surface area contributed by atoms with Crippen LogP contribution in [0.15, 0.2) is 138 Å². The van der Waals surface area contributed by atoms with Gasteiger partial charge in [-0.25, -0.2) is 82.5 Å². The number of phosphoric ester groups is 2. The highest BCUT2D eigenvalue weighted by Crippen LogP contribution is 2.68. The lowest BCUT2D eigenvalue weighted by atomic mass is 10.1. The Morgan fingerprint density at radius 1 is 0.500 bits per heavy atom. The van der Waals surface area contributed by atoms with Crippen LogP contribution in [-0.2, 0) is 116 Å². The Hall–Kier alpha value is -11.0. The highest BCUT2D eigenvalue weighted by Gasteiger charge is 2.52.